The number of hydrogen-bond acceptors (Lipinski definition) is 5. The summed E-state index contributed by atoms with van der Waals surface area (Å²) in [7, 11) is 3.34. The number of carbonyl (C=O) groups excluding carboxylic acids is 1. The van der Waals surface area contributed by atoms with E-state index in [0.29, 0.717) is 22.9 Å². The summed E-state index contributed by atoms with van der Waals surface area (Å²) in [6, 6.07) is 9.58. The fraction of sp³-hybridized carbons (Fsp3) is 0.200. The van der Waals surface area contributed by atoms with Crippen molar-refractivity contribution in [2.45, 2.75) is 0 Å². The highest BCUT2D eigenvalue weighted by atomic mass is 19.1. The Kier molecular flexibility index (Phi) is 3.88. The van der Waals surface area contributed by atoms with Crippen molar-refractivity contribution in [3.63, 3.8) is 0 Å². The average Bonchev–Trinajstić information content (AvgIpc) is 2.97. The maximum absolute atomic E-state index is 13.4. The molecule has 0 bridgehead atoms. The summed E-state index contributed by atoms with van der Waals surface area (Å²) >= 11 is 0. The zero-order valence-corrected chi connectivity index (χ0v) is 12.7. The SMILES string of the molecule is CNC(=O)CN(C)c1ccc2nnc(-c3cccc(F)c3)n2n1. The van der Waals surface area contributed by atoms with Gasteiger partial charge in [0.05, 0.1) is 6.54 Å². The van der Waals surface area contributed by atoms with E-state index in [1.165, 1.54) is 16.6 Å². The summed E-state index contributed by atoms with van der Waals surface area (Å²) in [4.78, 5) is 13.2. The third-order valence-electron chi connectivity index (χ3n) is 3.38. The standard InChI is InChI=1S/C15H15FN6O/c1-17-14(23)9-21(2)13-7-6-12-18-19-15(22(12)20-13)10-4-3-5-11(16)8-10/h3-8H,9H2,1-2H3,(H,17,23). The Bertz CT molecular complexity index is 862. The first-order chi connectivity index (χ1) is 11.1. The van der Waals surface area contributed by atoms with Crippen molar-refractivity contribution < 1.29 is 9.18 Å². The molecule has 2 heterocycles. The molecule has 1 aromatic carbocycles. The van der Waals surface area contributed by atoms with E-state index in [0.717, 1.165) is 0 Å². The maximum Gasteiger partial charge on any atom is 0.239 e. The number of benzene rings is 1. The van der Waals surface area contributed by atoms with Crippen molar-refractivity contribution in [2.75, 3.05) is 25.5 Å². The molecule has 0 saturated heterocycles. The number of rotatable bonds is 4. The van der Waals surface area contributed by atoms with Crippen molar-refractivity contribution in [2.24, 2.45) is 0 Å². The van der Waals surface area contributed by atoms with Gasteiger partial charge in [-0.1, -0.05) is 12.1 Å². The predicted octanol–water partition coefficient (Wildman–Crippen LogP) is 1.11. The highest BCUT2D eigenvalue weighted by Crippen LogP contribution is 2.19. The summed E-state index contributed by atoms with van der Waals surface area (Å²) in [6.07, 6.45) is 0. The molecule has 23 heavy (non-hydrogen) atoms. The Hall–Kier alpha value is -3.03. The fourth-order valence-corrected chi connectivity index (χ4v) is 2.17. The molecule has 0 saturated carbocycles. The summed E-state index contributed by atoms with van der Waals surface area (Å²) in [5.41, 5.74) is 1.12. The number of fused-ring (bicyclic) bond motifs is 1. The van der Waals surface area contributed by atoms with Gasteiger partial charge in [-0.3, -0.25) is 4.79 Å². The van der Waals surface area contributed by atoms with E-state index in [4.69, 9.17) is 0 Å². The maximum atomic E-state index is 13.4. The number of amides is 1. The molecule has 0 unspecified atom stereocenters. The Morgan fingerprint density at radius 2 is 2.13 bits per heavy atom. The van der Waals surface area contributed by atoms with Gasteiger partial charge in [0.2, 0.25) is 5.91 Å². The summed E-state index contributed by atoms with van der Waals surface area (Å²) < 4.78 is 15.0. The van der Waals surface area contributed by atoms with Gasteiger partial charge in [-0.15, -0.1) is 15.3 Å². The Morgan fingerprint density at radius 1 is 1.30 bits per heavy atom. The van der Waals surface area contributed by atoms with E-state index < -0.39 is 0 Å². The van der Waals surface area contributed by atoms with Gasteiger partial charge in [0.25, 0.3) is 0 Å². The molecule has 2 aromatic heterocycles. The predicted molar refractivity (Wildman–Crippen MR) is 83.5 cm³/mol. The Morgan fingerprint density at radius 3 is 2.87 bits per heavy atom. The van der Waals surface area contributed by atoms with E-state index in [9.17, 15) is 9.18 Å². The average molecular weight is 314 g/mol. The van der Waals surface area contributed by atoms with E-state index >= 15 is 0 Å². The van der Waals surface area contributed by atoms with Crippen LogP contribution in [0.5, 0.6) is 0 Å². The number of hydrogen-bond donors (Lipinski definition) is 1. The van der Waals surface area contributed by atoms with Crippen LogP contribution < -0.4 is 10.2 Å². The number of carbonyl (C=O) groups is 1. The minimum atomic E-state index is -0.355. The second-order valence-corrected chi connectivity index (χ2v) is 5.02. The highest BCUT2D eigenvalue weighted by molar-refractivity contribution is 5.80. The molecule has 0 radical (unpaired) electrons. The van der Waals surface area contributed by atoms with Crippen LogP contribution in [-0.4, -0.2) is 46.4 Å². The minimum Gasteiger partial charge on any atom is -0.358 e. The van der Waals surface area contributed by atoms with Gasteiger partial charge in [-0.25, -0.2) is 4.39 Å². The van der Waals surface area contributed by atoms with Crippen molar-refractivity contribution >= 4 is 17.4 Å². The molecule has 0 aliphatic heterocycles. The smallest absolute Gasteiger partial charge is 0.239 e. The highest BCUT2D eigenvalue weighted by Gasteiger charge is 2.13. The van der Waals surface area contributed by atoms with Crippen LogP contribution in [0.15, 0.2) is 36.4 Å². The van der Waals surface area contributed by atoms with E-state index in [-0.39, 0.29) is 18.3 Å². The lowest BCUT2D eigenvalue weighted by molar-refractivity contribution is -0.119. The second-order valence-electron chi connectivity index (χ2n) is 5.02. The number of anilines is 1. The Balaban J connectivity index is 2.02. The van der Waals surface area contributed by atoms with E-state index in [1.807, 2.05) is 0 Å². The molecule has 3 aromatic rings. The molecule has 3 rings (SSSR count). The first-order valence-electron chi connectivity index (χ1n) is 6.98. The van der Waals surface area contributed by atoms with Crippen LogP contribution in [0.3, 0.4) is 0 Å². The number of nitrogens with zero attached hydrogens (tertiary/aromatic N) is 5. The second kappa shape index (κ2) is 5.99. The zero-order chi connectivity index (χ0) is 16.4. The topological polar surface area (TPSA) is 75.4 Å². The molecule has 0 aliphatic carbocycles. The monoisotopic (exact) mass is 314 g/mol. The molecule has 118 valence electrons. The van der Waals surface area contributed by atoms with Gasteiger partial charge >= 0.3 is 0 Å². The van der Waals surface area contributed by atoms with Crippen LogP contribution in [0.25, 0.3) is 17.0 Å². The molecule has 1 amide bonds. The van der Waals surface area contributed by atoms with Gasteiger partial charge in [0, 0.05) is 19.7 Å². The lowest BCUT2D eigenvalue weighted by Gasteiger charge is -2.16. The van der Waals surface area contributed by atoms with Crippen molar-refractivity contribution in [1.29, 1.82) is 0 Å². The van der Waals surface area contributed by atoms with Crippen LogP contribution >= 0.6 is 0 Å². The van der Waals surface area contributed by atoms with Crippen LogP contribution in [0.4, 0.5) is 10.2 Å². The first-order valence-corrected chi connectivity index (χ1v) is 6.98. The number of halogens is 1. The summed E-state index contributed by atoms with van der Waals surface area (Å²) in [5, 5.41) is 15.1. The Labute approximate surface area is 131 Å². The third-order valence-corrected chi connectivity index (χ3v) is 3.38. The van der Waals surface area contributed by atoms with Gasteiger partial charge in [-0.05, 0) is 24.3 Å². The van der Waals surface area contributed by atoms with Gasteiger partial charge < -0.3 is 10.2 Å². The van der Waals surface area contributed by atoms with E-state index in [2.05, 4.69) is 20.6 Å². The van der Waals surface area contributed by atoms with Crippen LogP contribution in [0, 0.1) is 5.82 Å². The molecule has 7 nitrogen and oxygen atoms in total. The molecule has 8 heteroatoms. The van der Waals surface area contributed by atoms with Crippen LogP contribution in [-0.2, 0) is 4.79 Å². The largest absolute Gasteiger partial charge is 0.358 e. The third kappa shape index (κ3) is 2.96. The molecule has 0 spiro atoms. The summed E-state index contributed by atoms with van der Waals surface area (Å²) in [5.74, 6) is 0.545. The lowest BCUT2D eigenvalue weighted by atomic mass is 10.2. The van der Waals surface area contributed by atoms with Crippen molar-refractivity contribution in [1.82, 2.24) is 25.1 Å². The fourth-order valence-electron chi connectivity index (χ4n) is 2.17. The molecule has 0 atom stereocenters. The van der Waals surface area contributed by atoms with Crippen molar-refractivity contribution in [3.05, 3.63) is 42.2 Å². The first kappa shape index (κ1) is 14.9. The van der Waals surface area contributed by atoms with Crippen LogP contribution in [0.1, 0.15) is 0 Å². The van der Waals surface area contributed by atoms with Gasteiger partial charge in [0.1, 0.15) is 11.6 Å². The molecule has 1 N–H and O–H groups in total. The number of aromatic nitrogens is 4. The van der Waals surface area contributed by atoms with Gasteiger partial charge in [-0.2, -0.15) is 4.52 Å². The summed E-state index contributed by atoms with van der Waals surface area (Å²) in [6.45, 7) is 0.173. The zero-order valence-electron chi connectivity index (χ0n) is 12.7. The minimum absolute atomic E-state index is 0.122. The van der Waals surface area contributed by atoms with E-state index in [1.54, 1.807) is 43.3 Å². The molecule has 0 aliphatic rings. The van der Waals surface area contributed by atoms with Crippen LogP contribution in [0.2, 0.25) is 0 Å². The number of nitrogens with one attached hydrogen (secondary N) is 1. The normalized spacial score (nSPS) is 10.7. The molecule has 0 fully saturated rings. The molecular weight excluding hydrogens is 299 g/mol. The number of likely N-dealkylation sites (N-methyl/N-ethyl adjacent to an activating group) is 2. The lowest BCUT2D eigenvalue weighted by Crippen LogP contribution is -2.33. The van der Waals surface area contributed by atoms with Gasteiger partial charge in [0.15, 0.2) is 11.5 Å². The quantitative estimate of drug-likeness (QED) is 0.781. The van der Waals surface area contributed by atoms with Crippen molar-refractivity contribution in [3.8, 4) is 11.4 Å². The molecular formula is C15H15FN6O.